The van der Waals surface area contributed by atoms with E-state index < -0.39 is 0 Å². The number of hydrazine groups is 1. The van der Waals surface area contributed by atoms with Gasteiger partial charge in [0.1, 0.15) is 5.75 Å². The minimum atomic E-state index is 0.0321. The lowest BCUT2D eigenvalue weighted by Gasteiger charge is -2.16. The van der Waals surface area contributed by atoms with Crippen molar-refractivity contribution in [3.63, 3.8) is 0 Å². The van der Waals surface area contributed by atoms with Crippen LogP contribution in [0.15, 0.2) is 42.9 Å². The summed E-state index contributed by atoms with van der Waals surface area (Å²) in [5.74, 6) is 6.46. The third-order valence-electron chi connectivity index (χ3n) is 3.23. The largest absolute Gasteiger partial charge is 0.492 e. The second kappa shape index (κ2) is 8.34. The predicted molar refractivity (Wildman–Crippen MR) is 82.6 cm³/mol. The molecular weight excluding hydrogens is 264 g/mol. The molecule has 5 heteroatoms. The van der Waals surface area contributed by atoms with E-state index in [9.17, 15) is 0 Å². The maximum atomic E-state index is 5.68. The Kier molecular flexibility index (Phi) is 6.12. The Hall–Kier alpha value is -1.98. The number of aryl methyl sites for hydroxylation is 1. The molecule has 0 radical (unpaired) electrons. The molecule has 0 aliphatic heterocycles. The zero-order valence-corrected chi connectivity index (χ0v) is 12.3. The van der Waals surface area contributed by atoms with Crippen LogP contribution in [0.25, 0.3) is 0 Å². The number of rotatable bonds is 8. The molecule has 0 spiro atoms. The number of aromatic nitrogens is 2. The summed E-state index contributed by atoms with van der Waals surface area (Å²) in [5, 5.41) is 0. The second-order valence-corrected chi connectivity index (χ2v) is 4.88. The van der Waals surface area contributed by atoms with Crippen LogP contribution in [0.2, 0.25) is 0 Å². The van der Waals surface area contributed by atoms with E-state index >= 15 is 0 Å². The Morgan fingerprint density at radius 2 is 2.24 bits per heavy atom. The average Bonchev–Trinajstić information content (AvgIpc) is 2.55. The second-order valence-electron chi connectivity index (χ2n) is 4.88. The van der Waals surface area contributed by atoms with Crippen molar-refractivity contribution in [2.75, 3.05) is 6.61 Å². The van der Waals surface area contributed by atoms with Crippen LogP contribution in [-0.2, 0) is 6.42 Å². The van der Waals surface area contributed by atoms with Crippen molar-refractivity contribution < 1.29 is 4.74 Å². The molecule has 0 aliphatic rings. The van der Waals surface area contributed by atoms with E-state index in [2.05, 4.69) is 22.3 Å². The van der Waals surface area contributed by atoms with E-state index in [-0.39, 0.29) is 6.04 Å². The van der Waals surface area contributed by atoms with Crippen molar-refractivity contribution in [3.8, 4) is 5.75 Å². The average molecular weight is 286 g/mol. The first-order valence-electron chi connectivity index (χ1n) is 7.27. The van der Waals surface area contributed by atoms with Gasteiger partial charge in [0.25, 0.3) is 0 Å². The van der Waals surface area contributed by atoms with E-state index in [1.165, 1.54) is 0 Å². The lowest BCUT2D eigenvalue weighted by atomic mass is 10.0. The highest BCUT2D eigenvalue weighted by Crippen LogP contribution is 2.21. The van der Waals surface area contributed by atoms with Gasteiger partial charge in [-0.1, -0.05) is 13.0 Å². The number of nitrogens with zero attached hydrogens (tertiary/aromatic N) is 2. The van der Waals surface area contributed by atoms with Crippen molar-refractivity contribution in [2.45, 2.75) is 32.2 Å². The molecule has 1 atom stereocenters. The van der Waals surface area contributed by atoms with Crippen LogP contribution in [-0.4, -0.2) is 16.6 Å². The van der Waals surface area contributed by atoms with Gasteiger partial charge in [0.2, 0.25) is 0 Å². The van der Waals surface area contributed by atoms with Crippen LogP contribution < -0.4 is 16.0 Å². The minimum Gasteiger partial charge on any atom is -0.492 e. The van der Waals surface area contributed by atoms with Gasteiger partial charge in [0, 0.05) is 24.1 Å². The van der Waals surface area contributed by atoms with Crippen LogP contribution in [0, 0.1) is 0 Å². The Morgan fingerprint density at radius 3 is 2.95 bits per heavy atom. The molecule has 2 heterocycles. The summed E-state index contributed by atoms with van der Waals surface area (Å²) < 4.78 is 5.61. The summed E-state index contributed by atoms with van der Waals surface area (Å²) in [4.78, 5) is 8.55. The normalized spacial score (nSPS) is 12.1. The molecule has 2 aromatic rings. The molecule has 3 N–H and O–H groups in total. The monoisotopic (exact) mass is 286 g/mol. The smallest absolute Gasteiger partial charge is 0.137 e. The highest BCUT2D eigenvalue weighted by atomic mass is 16.5. The fourth-order valence-electron chi connectivity index (χ4n) is 2.11. The van der Waals surface area contributed by atoms with E-state index in [4.69, 9.17) is 10.6 Å². The van der Waals surface area contributed by atoms with Gasteiger partial charge in [-0.25, -0.2) is 0 Å². The van der Waals surface area contributed by atoms with Gasteiger partial charge in [-0.2, -0.15) is 0 Å². The molecule has 1 unspecified atom stereocenters. The Bertz CT molecular complexity index is 533. The van der Waals surface area contributed by atoms with Gasteiger partial charge in [-0.15, -0.1) is 0 Å². The third kappa shape index (κ3) is 4.81. The minimum absolute atomic E-state index is 0.0321. The van der Waals surface area contributed by atoms with Gasteiger partial charge in [0.05, 0.1) is 12.8 Å². The van der Waals surface area contributed by atoms with Gasteiger partial charge < -0.3 is 4.74 Å². The summed E-state index contributed by atoms with van der Waals surface area (Å²) in [6, 6.07) is 7.96. The molecule has 0 saturated heterocycles. The van der Waals surface area contributed by atoms with Gasteiger partial charge in [-0.05, 0) is 43.0 Å². The van der Waals surface area contributed by atoms with E-state index in [0.717, 1.165) is 36.3 Å². The standard InChI is InChI=1S/C16H22N4O/c1-2-9-21-15-10-13(11-18-12-15)16(20-17)7-6-14-5-3-4-8-19-14/h3-5,8,10-12,16,20H,2,6-7,9,17H2,1H3. The van der Waals surface area contributed by atoms with Crippen LogP contribution in [0.4, 0.5) is 0 Å². The Labute approximate surface area is 125 Å². The first-order valence-corrected chi connectivity index (χ1v) is 7.27. The highest BCUT2D eigenvalue weighted by Gasteiger charge is 2.11. The molecule has 2 aromatic heterocycles. The van der Waals surface area contributed by atoms with Crippen LogP contribution >= 0.6 is 0 Å². The lowest BCUT2D eigenvalue weighted by Crippen LogP contribution is -2.28. The molecule has 112 valence electrons. The van der Waals surface area contributed by atoms with Crippen molar-refractivity contribution in [1.29, 1.82) is 0 Å². The van der Waals surface area contributed by atoms with Crippen molar-refractivity contribution in [1.82, 2.24) is 15.4 Å². The quantitative estimate of drug-likeness (QED) is 0.576. The molecule has 2 rings (SSSR count). The van der Waals surface area contributed by atoms with E-state index in [1.807, 2.05) is 30.5 Å². The molecule has 5 nitrogen and oxygen atoms in total. The zero-order chi connectivity index (χ0) is 14.9. The van der Waals surface area contributed by atoms with Crippen molar-refractivity contribution in [3.05, 3.63) is 54.1 Å². The third-order valence-corrected chi connectivity index (χ3v) is 3.23. The molecule has 0 bridgehead atoms. The number of ether oxygens (including phenoxy) is 1. The van der Waals surface area contributed by atoms with Crippen LogP contribution in [0.1, 0.15) is 37.1 Å². The Morgan fingerprint density at radius 1 is 1.33 bits per heavy atom. The molecule has 21 heavy (non-hydrogen) atoms. The summed E-state index contributed by atoms with van der Waals surface area (Å²) in [5.41, 5.74) is 4.94. The number of hydrogen-bond acceptors (Lipinski definition) is 5. The molecule has 0 saturated carbocycles. The summed E-state index contributed by atoms with van der Waals surface area (Å²) >= 11 is 0. The van der Waals surface area contributed by atoms with Crippen LogP contribution in [0.5, 0.6) is 5.75 Å². The SMILES string of the molecule is CCCOc1cncc(C(CCc2ccccn2)NN)c1. The van der Waals surface area contributed by atoms with Gasteiger partial charge >= 0.3 is 0 Å². The number of hydrogen-bond donors (Lipinski definition) is 2. The Balaban J connectivity index is 1.99. The molecular formula is C16H22N4O. The topological polar surface area (TPSA) is 73.1 Å². The molecule has 0 aliphatic carbocycles. The molecule has 0 fully saturated rings. The first kappa shape index (κ1) is 15.4. The summed E-state index contributed by atoms with van der Waals surface area (Å²) in [6.07, 6.45) is 8.04. The number of nitrogens with one attached hydrogen (secondary N) is 1. The van der Waals surface area contributed by atoms with Gasteiger partial charge in [-0.3, -0.25) is 21.2 Å². The maximum absolute atomic E-state index is 5.68. The van der Waals surface area contributed by atoms with E-state index in [0.29, 0.717) is 6.61 Å². The predicted octanol–water partition coefficient (Wildman–Crippen LogP) is 2.40. The fourth-order valence-corrected chi connectivity index (χ4v) is 2.11. The van der Waals surface area contributed by atoms with Crippen LogP contribution in [0.3, 0.4) is 0 Å². The molecule has 0 aromatic carbocycles. The lowest BCUT2D eigenvalue weighted by molar-refractivity contribution is 0.315. The summed E-state index contributed by atoms with van der Waals surface area (Å²) in [6.45, 7) is 2.77. The zero-order valence-electron chi connectivity index (χ0n) is 12.3. The number of pyridine rings is 2. The molecule has 0 amide bonds. The van der Waals surface area contributed by atoms with Gasteiger partial charge in [0.15, 0.2) is 0 Å². The number of nitrogens with two attached hydrogens (primary N) is 1. The van der Waals surface area contributed by atoms with E-state index in [1.54, 1.807) is 12.4 Å². The highest BCUT2D eigenvalue weighted by molar-refractivity contribution is 5.26. The van der Waals surface area contributed by atoms with Crippen molar-refractivity contribution >= 4 is 0 Å². The maximum Gasteiger partial charge on any atom is 0.137 e. The first-order chi connectivity index (χ1) is 10.3. The fraction of sp³-hybridized carbons (Fsp3) is 0.375. The summed E-state index contributed by atoms with van der Waals surface area (Å²) in [7, 11) is 0. The van der Waals surface area contributed by atoms with Crippen molar-refractivity contribution in [2.24, 2.45) is 5.84 Å².